The van der Waals surface area contributed by atoms with E-state index in [2.05, 4.69) is 127 Å². The molecule has 2 nitrogen and oxygen atoms in total. The van der Waals surface area contributed by atoms with Crippen LogP contribution in [-0.4, -0.2) is 32.1 Å². The van der Waals surface area contributed by atoms with E-state index in [1.54, 1.807) is 0 Å². The molecule has 0 heterocycles. The van der Waals surface area contributed by atoms with Crippen molar-refractivity contribution in [3.05, 3.63) is 99.1 Å². The minimum absolute atomic E-state index is 0.783. The molecule has 0 aromatic heterocycles. The average molecular weight is 554 g/mol. The van der Waals surface area contributed by atoms with Crippen LogP contribution < -0.4 is 4.74 Å². The van der Waals surface area contributed by atoms with Crippen LogP contribution in [0.1, 0.15) is 55.7 Å². The summed E-state index contributed by atoms with van der Waals surface area (Å²) in [4.78, 5) is 2.25. The normalized spacial score (nSPS) is 12.0. The first kappa shape index (κ1) is 25.5. The van der Waals surface area contributed by atoms with Gasteiger partial charge in [0.25, 0.3) is 0 Å². The maximum Gasteiger partial charge on any atom is 0.119 e. The van der Waals surface area contributed by atoms with E-state index in [-0.39, 0.29) is 0 Å². The second-order valence-electron chi connectivity index (χ2n) is 8.67. The fourth-order valence-corrected chi connectivity index (χ4v) is 4.45. The Hall–Kier alpha value is -2.11. The zero-order valence-corrected chi connectivity index (χ0v) is 22.3. The summed E-state index contributed by atoms with van der Waals surface area (Å²) in [5.41, 5.74) is 6.43. The predicted octanol–water partition coefficient (Wildman–Crippen LogP) is 8.16. The zero-order valence-electron chi connectivity index (χ0n) is 20.2. The van der Waals surface area contributed by atoms with Gasteiger partial charge in [-0.25, -0.2) is 0 Å². The molecule has 0 aliphatic carbocycles. The molecular weight excluding hydrogens is 517 g/mol. The molecule has 0 saturated carbocycles. The molecule has 3 aromatic rings. The van der Waals surface area contributed by atoms with Gasteiger partial charge in [0.05, 0.1) is 6.61 Å². The Bertz CT molecular complexity index is 992. The molecule has 3 rings (SSSR count). The molecule has 0 bridgehead atoms. The van der Waals surface area contributed by atoms with Gasteiger partial charge in [-0.3, -0.25) is 0 Å². The Morgan fingerprint density at radius 1 is 0.727 bits per heavy atom. The molecule has 3 heteroatoms. The topological polar surface area (TPSA) is 12.5 Å². The molecule has 0 aliphatic rings. The molecule has 0 unspecified atom stereocenters. The zero-order chi connectivity index (χ0) is 23.5. The van der Waals surface area contributed by atoms with E-state index < -0.39 is 0 Å². The number of hydrogen-bond donors (Lipinski definition) is 0. The quantitative estimate of drug-likeness (QED) is 0.128. The number of ether oxygens (including phenoxy) is 1. The van der Waals surface area contributed by atoms with E-state index in [9.17, 15) is 0 Å². The summed E-state index contributed by atoms with van der Waals surface area (Å²) >= 11 is 2.37. The first-order valence-corrected chi connectivity index (χ1v) is 13.1. The number of halogens is 1. The van der Waals surface area contributed by atoms with Crippen LogP contribution in [0.3, 0.4) is 0 Å². The molecule has 0 fully saturated rings. The van der Waals surface area contributed by atoms with Crippen LogP contribution in [0, 0.1) is 3.57 Å². The summed E-state index contributed by atoms with van der Waals surface area (Å²) < 4.78 is 7.28. The van der Waals surface area contributed by atoms with Crippen LogP contribution in [-0.2, 0) is 0 Å². The number of rotatable bonds is 12. The van der Waals surface area contributed by atoms with Gasteiger partial charge in [-0.05, 0) is 115 Å². The predicted molar refractivity (Wildman–Crippen MR) is 151 cm³/mol. The second kappa shape index (κ2) is 13.6. The lowest BCUT2D eigenvalue weighted by atomic mass is 9.88. The van der Waals surface area contributed by atoms with Crippen molar-refractivity contribution in [1.82, 2.24) is 4.90 Å². The standard InChI is InChI=1S/C30H36INO/c1-4-29(24-12-8-7-9-13-24)30(25-14-18-27(31)19-15-25)26-16-20-28(21-17-26)33-23-11-6-5-10-22-32(2)3/h7-9,12-21H,4-6,10-11,22-23H2,1-3H3/b30-29-. The number of nitrogens with zero attached hydrogens (tertiary/aromatic N) is 1. The van der Waals surface area contributed by atoms with Crippen molar-refractivity contribution in [3.8, 4) is 5.75 Å². The smallest absolute Gasteiger partial charge is 0.119 e. The SMILES string of the molecule is CC/C(=C(\c1ccc(I)cc1)c1ccc(OCCCCCCN(C)C)cc1)c1ccccc1. The first-order valence-electron chi connectivity index (χ1n) is 12.0. The lowest BCUT2D eigenvalue weighted by Gasteiger charge is -2.17. The van der Waals surface area contributed by atoms with E-state index in [1.165, 1.54) is 57.2 Å². The minimum atomic E-state index is 0.783. The third-order valence-corrected chi connectivity index (χ3v) is 6.54. The van der Waals surface area contributed by atoms with Crippen LogP contribution in [0.15, 0.2) is 78.9 Å². The van der Waals surface area contributed by atoms with Gasteiger partial charge in [0.2, 0.25) is 0 Å². The van der Waals surface area contributed by atoms with Gasteiger partial charge in [0.15, 0.2) is 0 Å². The van der Waals surface area contributed by atoms with E-state index in [0.29, 0.717) is 0 Å². The molecule has 174 valence electrons. The highest BCUT2D eigenvalue weighted by molar-refractivity contribution is 14.1. The van der Waals surface area contributed by atoms with Crippen molar-refractivity contribution in [2.24, 2.45) is 0 Å². The minimum Gasteiger partial charge on any atom is -0.494 e. The monoisotopic (exact) mass is 553 g/mol. The third-order valence-electron chi connectivity index (χ3n) is 5.82. The summed E-state index contributed by atoms with van der Waals surface area (Å²) in [7, 11) is 4.27. The van der Waals surface area contributed by atoms with Crippen LogP contribution >= 0.6 is 22.6 Å². The van der Waals surface area contributed by atoms with Gasteiger partial charge in [0, 0.05) is 3.57 Å². The van der Waals surface area contributed by atoms with Crippen LogP contribution in [0.4, 0.5) is 0 Å². The molecule has 0 spiro atoms. The molecule has 0 radical (unpaired) electrons. The van der Waals surface area contributed by atoms with Crippen molar-refractivity contribution in [2.75, 3.05) is 27.2 Å². The molecule has 0 atom stereocenters. The molecule has 0 saturated heterocycles. The summed E-state index contributed by atoms with van der Waals surface area (Å²) in [5.74, 6) is 0.951. The summed E-state index contributed by atoms with van der Waals surface area (Å²) in [6.45, 7) is 4.19. The van der Waals surface area contributed by atoms with Crippen LogP contribution in [0.5, 0.6) is 5.75 Å². The number of allylic oxidation sites excluding steroid dienone is 1. The Morgan fingerprint density at radius 2 is 1.33 bits per heavy atom. The maximum atomic E-state index is 6.03. The van der Waals surface area contributed by atoms with Gasteiger partial charge >= 0.3 is 0 Å². The Kier molecular flexibility index (Phi) is 10.5. The summed E-state index contributed by atoms with van der Waals surface area (Å²) in [6.07, 6.45) is 5.83. The lowest BCUT2D eigenvalue weighted by molar-refractivity contribution is 0.302. The van der Waals surface area contributed by atoms with Gasteiger partial charge in [0.1, 0.15) is 5.75 Å². The Labute approximate surface area is 213 Å². The first-order chi connectivity index (χ1) is 16.1. The Balaban J connectivity index is 1.75. The van der Waals surface area contributed by atoms with Crippen molar-refractivity contribution < 1.29 is 4.74 Å². The molecule has 33 heavy (non-hydrogen) atoms. The van der Waals surface area contributed by atoms with E-state index in [1.807, 2.05) is 0 Å². The summed E-state index contributed by atoms with van der Waals surface area (Å²) in [5, 5.41) is 0. The number of benzene rings is 3. The van der Waals surface area contributed by atoms with E-state index in [4.69, 9.17) is 4.74 Å². The molecular formula is C30H36INO. The van der Waals surface area contributed by atoms with Gasteiger partial charge in [-0.1, -0.05) is 74.4 Å². The van der Waals surface area contributed by atoms with Gasteiger partial charge in [-0.15, -0.1) is 0 Å². The fraction of sp³-hybridized carbons (Fsp3) is 0.333. The highest BCUT2D eigenvalue weighted by Gasteiger charge is 2.13. The van der Waals surface area contributed by atoms with Crippen molar-refractivity contribution in [1.29, 1.82) is 0 Å². The van der Waals surface area contributed by atoms with Gasteiger partial charge in [-0.2, -0.15) is 0 Å². The maximum absolute atomic E-state index is 6.03. The summed E-state index contributed by atoms with van der Waals surface area (Å²) in [6, 6.07) is 28.2. The van der Waals surface area contributed by atoms with Crippen molar-refractivity contribution in [3.63, 3.8) is 0 Å². The van der Waals surface area contributed by atoms with Gasteiger partial charge < -0.3 is 9.64 Å². The van der Waals surface area contributed by atoms with E-state index >= 15 is 0 Å². The van der Waals surface area contributed by atoms with Crippen LogP contribution in [0.25, 0.3) is 11.1 Å². The fourth-order valence-electron chi connectivity index (χ4n) is 4.09. The lowest BCUT2D eigenvalue weighted by Crippen LogP contribution is -2.12. The van der Waals surface area contributed by atoms with E-state index in [0.717, 1.165) is 25.2 Å². The molecule has 0 aliphatic heterocycles. The Morgan fingerprint density at radius 3 is 1.94 bits per heavy atom. The highest BCUT2D eigenvalue weighted by Crippen LogP contribution is 2.35. The number of hydrogen-bond acceptors (Lipinski definition) is 2. The largest absolute Gasteiger partial charge is 0.494 e. The second-order valence-corrected chi connectivity index (χ2v) is 9.92. The number of unbranched alkanes of at least 4 members (excludes halogenated alkanes) is 3. The molecule has 0 N–H and O–H groups in total. The highest BCUT2D eigenvalue weighted by atomic mass is 127. The van der Waals surface area contributed by atoms with Crippen LogP contribution in [0.2, 0.25) is 0 Å². The van der Waals surface area contributed by atoms with Crippen molar-refractivity contribution in [2.45, 2.75) is 39.0 Å². The molecule has 3 aromatic carbocycles. The average Bonchev–Trinajstić information content (AvgIpc) is 2.83. The third kappa shape index (κ3) is 8.01. The molecule has 0 amide bonds. The van der Waals surface area contributed by atoms with Crippen molar-refractivity contribution >= 4 is 33.7 Å².